The lowest BCUT2D eigenvalue weighted by atomic mass is 9.92. The van der Waals surface area contributed by atoms with Crippen LogP contribution >= 0.6 is 34.5 Å². The molecule has 0 saturated carbocycles. The molecule has 1 aliphatic carbocycles. The van der Waals surface area contributed by atoms with E-state index in [0.717, 1.165) is 68.6 Å². The van der Waals surface area contributed by atoms with Gasteiger partial charge in [0.15, 0.2) is 9.84 Å². The highest BCUT2D eigenvalue weighted by molar-refractivity contribution is 7.94. The maximum atomic E-state index is 12.5. The number of carbonyl (C=O) groups is 1. The van der Waals surface area contributed by atoms with Crippen LogP contribution in [0.15, 0.2) is 52.9 Å². The van der Waals surface area contributed by atoms with Gasteiger partial charge in [-0.1, -0.05) is 59.6 Å². The maximum absolute atomic E-state index is 12.5. The van der Waals surface area contributed by atoms with E-state index in [9.17, 15) is 13.2 Å². The van der Waals surface area contributed by atoms with Gasteiger partial charge < -0.3 is 5.32 Å². The van der Waals surface area contributed by atoms with Crippen molar-refractivity contribution in [1.29, 1.82) is 0 Å². The number of piperidine rings is 1. The standard InChI is InChI=1S/C27H30Cl2N4O3S2/c28-23-15-25(37-27(23)29)38(35,36)18-24(34)30-12-9-20-7-4-8-21-16-31-33(26(20)21)22-10-13-32(14-11-22)17-19-5-2-1-3-6-19/h1-3,5-6,9,15-16,22H,4,7-8,10-14,17-18H2,(H,30,34)/b20-9+. The number of likely N-dealkylation sites (tertiary alicyclic amines) is 1. The van der Waals surface area contributed by atoms with Gasteiger partial charge in [0.1, 0.15) is 14.3 Å². The fraction of sp³-hybridized carbons (Fsp3) is 0.407. The highest BCUT2D eigenvalue weighted by atomic mass is 35.5. The fourth-order valence-electron chi connectivity index (χ4n) is 5.22. The van der Waals surface area contributed by atoms with Gasteiger partial charge in [0.05, 0.1) is 23.0 Å². The number of nitrogens with zero attached hydrogens (tertiary/aromatic N) is 3. The van der Waals surface area contributed by atoms with Crippen molar-refractivity contribution in [2.24, 2.45) is 0 Å². The second-order valence-electron chi connectivity index (χ2n) is 9.79. The van der Waals surface area contributed by atoms with Crippen molar-refractivity contribution < 1.29 is 13.2 Å². The first-order chi connectivity index (χ1) is 18.3. The Labute approximate surface area is 237 Å². The quantitative estimate of drug-likeness (QED) is 0.378. The molecular weight excluding hydrogens is 563 g/mol. The zero-order valence-electron chi connectivity index (χ0n) is 20.9. The van der Waals surface area contributed by atoms with Gasteiger partial charge in [0.25, 0.3) is 0 Å². The number of nitrogens with one attached hydrogen (secondary N) is 1. The van der Waals surface area contributed by atoms with E-state index >= 15 is 0 Å². The highest BCUT2D eigenvalue weighted by Gasteiger charge is 2.27. The lowest BCUT2D eigenvalue weighted by Crippen LogP contribution is -2.35. The number of amides is 1. The summed E-state index contributed by atoms with van der Waals surface area (Å²) in [4.78, 5) is 14.9. The van der Waals surface area contributed by atoms with Crippen molar-refractivity contribution in [2.75, 3.05) is 25.4 Å². The minimum absolute atomic E-state index is 0.00311. The Kier molecular flexibility index (Phi) is 8.59. The molecule has 2 aliphatic rings. The van der Waals surface area contributed by atoms with Crippen molar-refractivity contribution in [3.8, 4) is 0 Å². The molecule has 0 spiro atoms. The number of sulfone groups is 1. The molecule has 3 heterocycles. The zero-order valence-corrected chi connectivity index (χ0v) is 24.1. The molecule has 1 N–H and O–H groups in total. The first kappa shape index (κ1) is 27.4. The van der Waals surface area contributed by atoms with Crippen LogP contribution < -0.4 is 5.32 Å². The summed E-state index contributed by atoms with van der Waals surface area (Å²) in [7, 11) is -3.80. The molecule has 38 heavy (non-hydrogen) atoms. The van der Waals surface area contributed by atoms with Crippen LogP contribution in [0.5, 0.6) is 0 Å². The van der Waals surface area contributed by atoms with Crippen molar-refractivity contribution in [1.82, 2.24) is 20.0 Å². The highest BCUT2D eigenvalue weighted by Crippen LogP contribution is 2.36. The van der Waals surface area contributed by atoms with Crippen LogP contribution in [0.2, 0.25) is 9.36 Å². The molecule has 1 aliphatic heterocycles. The number of aryl methyl sites for hydroxylation is 1. The summed E-state index contributed by atoms with van der Waals surface area (Å²) in [6, 6.07) is 12.2. The molecule has 3 aromatic rings. The number of carbonyl (C=O) groups excluding carboxylic acids is 1. The SMILES string of the molecule is O=C(CS(=O)(=O)c1cc(Cl)c(Cl)s1)NC/C=C1\CCCc2cnn(C3CCN(Cc4ccccc4)CC3)c21. The molecule has 1 aromatic carbocycles. The molecule has 7 nitrogen and oxygen atoms in total. The first-order valence-corrected chi connectivity index (χ1v) is 16.0. The topological polar surface area (TPSA) is 84.3 Å². The van der Waals surface area contributed by atoms with Gasteiger partial charge in [-0.3, -0.25) is 14.4 Å². The molecule has 1 saturated heterocycles. The number of hydrogen-bond acceptors (Lipinski definition) is 6. The van der Waals surface area contributed by atoms with Crippen molar-refractivity contribution in [2.45, 2.75) is 48.9 Å². The third kappa shape index (κ3) is 6.34. The smallest absolute Gasteiger partial charge is 0.235 e. The van der Waals surface area contributed by atoms with E-state index < -0.39 is 21.5 Å². The van der Waals surface area contributed by atoms with Gasteiger partial charge in [-0.05, 0) is 54.9 Å². The Balaban J connectivity index is 1.20. The minimum atomic E-state index is -3.80. The molecule has 202 valence electrons. The van der Waals surface area contributed by atoms with Crippen LogP contribution in [0, 0.1) is 0 Å². The van der Waals surface area contributed by atoms with Gasteiger partial charge in [-0.15, -0.1) is 11.3 Å². The van der Waals surface area contributed by atoms with E-state index in [1.807, 2.05) is 18.3 Å². The third-order valence-electron chi connectivity index (χ3n) is 7.12. The lowest BCUT2D eigenvalue weighted by Gasteiger charge is -2.33. The number of rotatable bonds is 8. The van der Waals surface area contributed by atoms with Crippen LogP contribution in [0.1, 0.15) is 48.5 Å². The molecule has 2 aromatic heterocycles. The predicted molar refractivity (Wildman–Crippen MR) is 153 cm³/mol. The summed E-state index contributed by atoms with van der Waals surface area (Å²) in [5.74, 6) is -1.20. The number of aromatic nitrogens is 2. The maximum Gasteiger partial charge on any atom is 0.235 e. The molecule has 0 bridgehead atoms. The van der Waals surface area contributed by atoms with Crippen LogP contribution in [0.4, 0.5) is 0 Å². The third-order valence-corrected chi connectivity index (χ3v) is 11.2. The molecule has 0 radical (unpaired) electrons. The molecular formula is C27H30Cl2N4O3S2. The van der Waals surface area contributed by atoms with E-state index in [4.69, 9.17) is 28.3 Å². The van der Waals surface area contributed by atoms with Gasteiger partial charge in [-0.25, -0.2) is 8.42 Å². The van der Waals surface area contributed by atoms with E-state index in [0.29, 0.717) is 6.04 Å². The lowest BCUT2D eigenvalue weighted by molar-refractivity contribution is -0.118. The molecule has 1 fully saturated rings. The Bertz CT molecular complexity index is 1410. The average molecular weight is 594 g/mol. The summed E-state index contributed by atoms with van der Waals surface area (Å²) in [6.07, 6.45) is 9.01. The Morgan fingerprint density at radius 1 is 1.16 bits per heavy atom. The minimum Gasteiger partial charge on any atom is -0.352 e. The molecule has 0 atom stereocenters. The number of thiophene rings is 1. The number of benzene rings is 1. The van der Waals surface area contributed by atoms with Crippen molar-refractivity contribution >= 4 is 55.9 Å². The van der Waals surface area contributed by atoms with Crippen LogP contribution in [0.3, 0.4) is 0 Å². The van der Waals surface area contributed by atoms with Crippen molar-refractivity contribution in [3.05, 3.63) is 74.9 Å². The van der Waals surface area contributed by atoms with Crippen molar-refractivity contribution in [3.63, 3.8) is 0 Å². The molecule has 5 rings (SSSR count). The number of allylic oxidation sites excluding steroid dienone is 1. The summed E-state index contributed by atoms with van der Waals surface area (Å²) in [6.45, 7) is 3.28. The number of hydrogen-bond donors (Lipinski definition) is 1. The van der Waals surface area contributed by atoms with E-state index in [1.54, 1.807) is 0 Å². The Morgan fingerprint density at radius 3 is 2.63 bits per heavy atom. The average Bonchev–Trinajstić information content (AvgIpc) is 3.49. The largest absolute Gasteiger partial charge is 0.352 e. The fourth-order valence-corrected chi connectivity index (χ4v) is 8.35. The monoisotopic (exact) mass is 592 g/mol. The van der Waals surface area contributed by atoms with Crippen LogP contribution in [-0.2, 0) is 27.6 Å². The second-order valence-corrected chi connectivity index (χ2v) is 14.1. The van der Waals surface area contributed by atoms with Gasteiger partial charge >= 0.3 is 0 Å². The predicted octanol–water partition coefficient (Wildman–Crippen LogP) is 5.40. The summed E-state index contributed by atoms with van der Waals surface area (Å²) >= 11 is 12.6. The van der Waals surface area contributed by atoms with E-state index in [2.05, 4.69) is 39.2 Å². The van der Waals surface area contributed by atoms with E-state index in [1.165, 1.54) is 22.9 Å². The normalized spacial score (nSPS) is 18.0. The zero-order chi connectivity index (χ0) is 26.7. The Morgan fingerprint density at radius 2 is 1.92 bits per heavy atom. The Hall–Kier alpha value is -2.17. The van der Waals surface area contributed by atoms with Gasteiger partial charge in [-0.2, -0.15) is 5.10 Å². The van der Waals surface area contributed by atoms with Crippen LogP contribution in [0.25, 0.3) is 5.57 Å². The summed E-state index contributed by atoms with van der Waals surface area (Å²) in [5, 5.41) is 7.69. The number of fused-ring (bicyclic) bond motifs is 1. The molecule has 0 unspecified atom stereocenters. The second kappa shape index (κ2) is 11.9. The van der Waals surface area contributed by atoms with E-state index in [-0.39, 0.29) is 20.1 Å². The van der Waals surface area contributed by atoms with Gasteiger partial charge in [0.2, 0.25) is 5.91 Å². The summed E-state index contributed by atoms with van der Waals surface area (Å²) < 4.78 is 27.5. The van der Waals surface area contributed by atoms with Crippen LogP contribution in [-0.4, -0.2) is 54.4 Å². The molecule has 1 amide bonds. The van der Waals surface area contributed by atoms with Gasteiger partial charge in [0, 0.05) is 26.2 Å². The molecule has 11 heteroatoms. The summed E-state index contributed by atoms with van der Waals surface area (Å²) in [5.41, 5.74) is 4.91. The number of halogens is 2. The first-order valence-electron chi connectivity index (χ1n) is 12.8.